The minimum atomic E-state index is -0.916. The number of nitrogens with one attached hydrogen (secondary N) is 1. The largest absolute Gasteiger partial charge is 0.481 e. The first-order valence-electron chi connectivity index (χ1n) is 4.84. The molecule has 1 unspecified atom stereocenters. The lowest BCUT2D eigenvalue weighted by atomic mass is 9.73. The Morgan fingerprint density at radius 2 is 2.27 bits per heavy atom. The maximum atomic E-state index is 11.1. The Balaban J connectivity index is 2.51. The summed E-state index contributed by atoms with van der Waals surface area (Å²) < 4.78 is 4.95. The van der Waals surface area contributed by atoms with Crippen molar-refractivity contribution >= 4 is 5.97 Å². The van der Waals surface area contributed by atoms with Crippen LogP contribution in [0.25, 0.3) is 0 Å². The van der Waals surface area contributed by atoms with Gasteiger partial charge in [-0.1, -0.05) is 13.8 Å². The number of carbonyl (C=O) groups is 1. The van der Waals surface area contributed by atoms with Gasteiger partial charge in [0, 0.05) is 6.42 Å². The molecule has 1 atom stereocenters. The smallest absolute Gasteiger partial charge is 0.416 e. The zero-order valence-electron chi connectivity index (χ0n) is 8.66. The third-order valence-electron chi connectivity index (χ3n) is 2.80. The first-order valence-corrected chi connectivity index (χ1v) is 4.84. The van der Waals surface area contributed by atoms with E-state index in [0.717, 1.165) is 0 Å². The molecule has 0 saturated heterocycles. The second kappa shape index (κ2) is 2.98. The maximum absolute atomic E-state index is 11.1. The van der Waals surface area contributed by atoms with Crippen LogP contribution >= 0.6 is 0 Å². The molecular formula is C10H13NO4. The van der Waals surface area contributed by atoms with Crippen LogP contribution in [0.5, 0.6) is 0 Å². The SMILES string of the molecule is CC1(C)Cc2oc(=O)[nH]c2C(C(=O)O)C1. The summed E-state index contributed by atoms with van der Waals surface area (Å²) in [4.78, 5) is 24.5. The number of H-pyrrole nitrogens is 1. The Labute approximate surface area is 86.1 Å². The highest BCUT2D eigenvalue weighted by atomic mass is 16.4. The topological polar surface area (TPSA) is 83.3 Å². The molecule has 0 bridgehead atoms. The normalized spacial score (nSPS) is 23.5. The first-order chi connectivity index (χ1) is 6.89. The molecule has 0 fully saturated rings. The summed E-state index contributed by atoms with van der Waals surface area (Å²) in [7, 11) is 0. The standard InChI is InChI=1S/C10H13NO4/c1-10(2)3-5(8(12)13)7-6(4-10)15-9(14)11-7/h5H,3-4H2,1-2H3,(H,11,14)(H,12,13). The molecule has 1 aromatic rings. The number of aromatic nitrogens is 1. The average Bonchev–Trinajstić information content (AvgIpc) is 2.41. The molecule has 1 aliphatic carbocycles. The van der Waals surface area contributed by atoms with Crippen LogP contribution in [0.15, 0.2) is 9.21 Å². The number of fused-ring (bicyclic) bond motifs is 1. The molecule has 1 aromatic heterocycles. The molecule has 2 N–H and O–H groups in total. The summed E-state index contributed by atoms with van der Waals surface area (Å²) in [6.07, 6.45) is 1.12. The van der Waals surface area contributed by atoms with E-state index in [1.807, 2.05) is 13.8 Å². The van der Waals surface area contributed by atoms with Gasteiger partial charge < -0.3 is 9.52 Å². The second-order valence-electron chi connectivity index (χ2n) is 4.79. The van der Waals surface area contributed by atoms with E-state index in [2.05, 4.69) is 4.98 Å². The first kappa shape index (κ1) is 10.0. The number of rotatable bonds is 1. The van der Waals surface area contributed by atoms with Crippen LogP contribution < -0.4 is 5.76 Å². The van der Waals surface area contributed by atoms with E-state index in [0.29, 0.717) is 24.3 Å². The number of oxazole rings is 1. The molecule has 2 rings (SSSR count). The molecule has 0 aliphatic heterocycles. The number of hydrogen-bond donors (Lipinski definition) is 2. The predicted octanol–water partition coefficient (Wildman–Crippen LogP) is 1.11. The summed E-state index contributed by atoms with van der Waals surface area (Å²) in [5.41, 5.74) is 0.292. The molecule has 0 amide bonds. The van der Waals surface area contributed by atoms with Gasteiger partial charge in [0.2, 0.25) is 0 Å². The van der Waals surface area contributed by atoms with Gasteiger partial charge in [-0.3, -0.25) is 9.78 Å². The summed E-state index contributed by atoms with van der Waals surface area (Å²) in [5.74, 6) is -1.65. The summed E-state index contributed by atoms with van der Waals surface area (Å²) in [6.45, 7) is 3.94. The summed E-state index contributed by atoms with van der Waals surface area (Å²) in [5, 5.41) is 9.06. The molecule has 1 aliphatic rings. The van der Waals surface area contributed by atoms with Crippen molar-refractivity contribution in [1.29, 1.82) is 0 Å². The van der Waals surface area contributed by atoms with Crippen molar-refractivity contribution in [1.82, 2.24) is 4.98 Å². The fourth-order valence-electron chi connectivity index (χ4n) is 2.16. The molecule has 0 spiro atoms. The third-order valence-corrected chi connectivity index (χ3v) is 2.80. The van der Waals surface area contributed by atoms with E-state index in [1.54, 1.807) is 0 Å². The molecule has 82 valence electrons. The molecule has 0 saturated carbocycles. The van der Waals surface area contributed by atoms with Crippen molar-refractivity contribution in [3.8, 4) is 0 Å². The van der Waals surface area contributed by atoms with Gasteiger partial charge in [0.25, 0.3) is 0 Å². The van der Waals surface area contributed by atoms with Gasteiger partial charge in [0.05, 0.1) is 5.69 Å². The van der Waals surface area contributed by atoms with Crippen LogP contribution in [0.4, 0.5) is 0 Å². The van der Waals surface area contributed by atoms with Crippen LogP contribution in [0.3, 0.4) is 0 Å². The Kier molecular flexibility index (Phi) is 1.99. The minimum absolute atomic E-state index is 0.145. The van der Waals surface area contributed by atoms with Crippen LogP contribution in [0, 0.1) is 5.41 Å². The van der Waals surface area contributed by atoms with Gasteiger partial charge in [-0.2, -0.15) is 0 Å². The number of carboxylic acid groups (broad SMARTS) is 1. The van der Waals surface area contributed by atoms with Gasteiger partial charge in [0.15, 0.2) is 0 Å². The lowest BCUT2D eigenvalue weighted by Crippen LogP contribution is -2.29. The monoisotopic (exact) mass is 211 g/mol. The van der Waals surface area contributed by atoms with Gasteiger partial charge in [0.1, 0.15) is 11.7 Å². The Bertz CT molecular complexity index is 454. The fraction of sp³-hybridized carbons (Fsp3) is 0.600. The predicted molar refractivity (Wildman–Crippen MR) is 51.8 cm³/mol. The van der Waals surface area contributed by atoms with E-state index < -0.39 is 17.6 Å². The van der Waals surface area contributed by atoms with Gasteiger partial charge >= 0.3 is 11.7 Å². The van der Waals surface area contributed by atoms with E-state index in [4.69, 9.17) is 9.52 Å². The average molecular weight is 211 g/mol. The van der Waals surface area contributed by atoms with Crippen LogP contribution in [0.2, 0.25) is 0 Å². The van der Waals surface area contributed by atoms with E-state index in [1.165, 1.54) is 0 Å². The lowest BCUT2D eigenvalue weighted by Gasteiger charge is -2.31. The summed E-state index contributed by atoms with van der Waals surface area (Å²) >= 11 is 0. The lowest BCUT2D eigenvalue weighted by molar-refractivity contribution is -0.140. The molecule has 5 heteroatoms. The van der Waals surface area contributed by atoms with Crippen molar-refractivity contribution < 1.29 is 14.3 Å². The van der Waals surface area contributed by atoms with E-state index >= 15 is 0 Å². The quantitative estimate of drug-likeness (QED) is 0.728. The van der Waals surface area contributed by atoms with E-state index in [-0.39, 0.29) is 5.41 Å². The molecular weight excluding hydrogens is 198 g/mol. The number of aromatic amines is 1. The Morgan fingerprint density at radius 1 is 1.60 bits per heavy atom. The van der Waals surface area contributed by atoms with Gasteiger partial charge in [-0.15, -0.1) is 0 Å². The number of hydrogen-bond acceptors (Lipinski definition) is 3. The molecule has 0 radical (unpaired) electrons. The molecule has 0 aromatic carbocycles. The van der Waals surface area contributed by atoms with Crippen LogP contribution in [0.1, 0.15) is 37.6 Å². The molecule has 1 heterocycles. The number of aliphatic carboxylic acids is 1. The summed E-state index contributed by atoms with van der Waals surface area (Å²) in [6, 6.07) is 0. The van der Waals surface area contributed by atoms with Crippen molar-refractivity contribution in [3.63, 3.8) is 0 Å². The Morgan fingerprint density at radius 3 is 2.87 bits per heavy atom. The second-order valence-corrected chi connectivity index (χ2v) is 4.79. The van der Waals surface area contributed by atoms with Crippen molar-refractivity contribution in [2.45, 2.75) is 32.6 Å². The van der Waals surface area contributed by atoms with Gasteiger partial charge in [-0.05, 0) is 11.8 Å². The molecule has 15 heavy (non-hydrogen) atoms. The highest BCUT2D eigenvalue weighted by molar-refractivity contribution is 5.76. The van der Waals surface area contributed by atoms with Crippen LogP contribution in [-0.4, -0.2) is 16.1 Å². The van der Waals surface area contributed by atoms with Crippen molar-refractivity contribution in [3.05, 3.63) is 22.0 Å². The Hall–Kier alpha value is -1.52. The van der Waals surface area contributed by atoms with Gasteiger partial charge in [-0.25, -0.2) is 4.79 Å². The van der Waals surface area contributed by atoms with Crippen molar-refractivity contribution in [2.75, 3.05) is 0 Å². The minimum Gasteiger partial charge on any atom is -0.481 e. The zero-order chi connectivity index (χ0) is 11.2. The fourth-order valence-corrected chi connectivity index (χ4v) is 2.16. The third kappa shape index (κ3) is 1.69. The van der Waals surface area contributed by atoms with E-state index in [9.17, 15) is 9.59 Å². The highest BCUT2D eigenvalue weighted by Crippen LogP contribution is 2.40. The maximum Gasteiger partial charge on any atom is 0.416 e. The zero-order valence-corrected chi connectivity index (χ0v) is 8.66. The highest BCUT2D eigenvalue weighted by Gasteiger charge is 2.39. The van der Waals surface area contributed by atoms with Crippen LogP contribution in [-0.2, 0) is 11.2 Å². The number of carboxylic acids is 1. The van der Waals surface area contributed by atoms with Crippen molar-refractivity contribution in [2.24, 2.45) is 5.41 Å². The molecule has 5 nitrogen and oxygen atoms in total.